The maximum Gasteiger partial charge on any atom is 0.430 e. The molecule has 28 heavy (non-hydrogen) atoms. The van der Waals surface area contributed by atoms with Crippen molar-refractivity contribution in [3.05, 3.63) is 11.6 Å². The van der Waals surface area contributed by atoms with Gasteiger partial charge in [-0.25, -0.2) is 0 Å². The Morgan fingerprint density at radius 2 is 1.89 bits per heavy atom. The Balaban J connectivity index is 2.12. The predicted octanol–water partition coefficient (Wildman–Crippen LogP) is 2.44. The summed E-state index contributed by atoms with van der Waals surface area (Å²) in [6, 6.07) is -0.135. The van der Waals surface area contributed by atoms with Crippen molar-refractivity contribution in [2.24, 2.45) is 10.7 Å². The van der Waals surface area contributed by atoms with Gasteiger partial charge >= 0.3 is 12.4 Å². The van der Waals surface area contributed by atoms with Gasteiger partial charge in [0.2, 0.25) is 0 Å². The lowest BCUT2D eigenvalue weighted by Gasteiger charge is -2.36. The molecule has 0 aromatic rings. The molecule has 2 atom stereocenters. The standard InChI is InChI=1S/C17H25F6N3O2/c1-11-10-28-7-6-26(11)9-14(8-24)25-13-4-2-12(3-5-13)15(27,16(18,19)20)17(21,22)23/h2,11,14,27H,3-10,24H2,1H3. The minimum atomic E-state index is -5.85. The highest BCUT2D eigenvalue weighted by molar-refractivity contribution is 5.87. The Hall–Kier alpha value is -1.17. The summed E-state index contributed by atoms with van der Waals surface area (Å²) in [5, 5.41) is 9.47. The number of halogens is 6. The molecular weight excluding hydrogens is 392 g/mol. The van der Waals surface area contributed by atoms with Crippen LogP contribution in [0.2, 0.25) is 0 Å². The lowest BCUT2D eigenvalue weighted by Crippen LogP contribution is -2.58. The van der Waals surface area contributed by atoms with Gasteiger partial charge in [0.1, 0.15) is 0 Å². The first-order valence-electron chi connectivity index (χ1n) is 9.03. The second-order valence-electron chi connectivity index (χ2n) is 7.14. The molecule has 1 aliphatic carbocycles. The van der Waals surface area contributed by atoms with Gasteiger partial charge in [-0.3, -0.25) is 9.89 Å². The molecule has 0 saturated carbocycles. The van der Waals surface area contributed by atoms with Crippen molar-refractivity contribution < 1.29 is 36.2 Å². The van der Waals surface area contributed by atoms with Gasteiger partial charge in [-0.2, -0.15) is 26.3 Å². The summed E-state index contributed by atoms with van der Waals surface area (Å²) >= 11 is 0. The van der Waals surface area contributed by atoms with Gasteiger partial charge in [-0.15, -0.1) is 0 Å². The van der Waals surface area contributed by atoms with Crippen LogP contribution >= 0.6 is 0 Å². The number of morpholine rings is 1. The molecule has 11 heteroatoms. The van der Waals surface area contributed by atoms with Crippen molar-refractivity contribution in [3.8, 4) is 0 Å². The topological polar surface area (TPSA) is 71.1 Å². The van der Waals surface area contributed by atoms with E-state index >= 15 is 0 Å². The summed E-state index contributed by atoms with van der Waals surface area (Å²) in [7, 11) is 0. The van der Waals surface area contributed by atoms with Gasteiger partial charge in [0.15, 0.2) is 0 Å². The second-order valence-corrected chi connectivity index (χ2v) is 7.14. The van der Waals surface area contributed by atoms with Gasteiger partial charge in [-0.1, -0.05) is 6.08 Å². The molecule has 5 nitrogen and oxygen atoms in total. The Bertz CT molecular complexity index is 589. The Labute approximate surface area is 159 Å². The summed E-state index contributed by atoms with van der Waals surface area (Å²) in [4.78, 5) is 6.58. The molecule has 162 valence electrons. The highest BCUT2D eigenvalue weighted by Gasteiger charge is 2.72. The molecule has 1 fully saturated rings. The van der Waals surface area contributed by atoms with Crippen LogP contribution in [0.15, 0.2) is 16.6 Å². The van der Waals surface area contributed by atoms with Crippen LogP contribution in [-0.2, 0) is 4.74 Å². The third kappa shape index (κ3) is 4.87. The number of ether oxygens (including phenoxy) is 1. The number of nitrogens with zero attached hydrogens (tertiary/aromatic N) is 2. The van der Waals surface area contributed by atoms with Gasteiger partial charge in [0.25, 0.3) is 5.60 Å². The molecule has 0 amide bonds. The molecule has 2 unspecified atom stereocenters. The number of allylic oxidation sites excluding steroid dienone is 1. The lowest BCUT2D eigenvalue weighted by atomic mass is 9.83. The summed E-state index contributed by atoms with van der Waals surface area (Å²) in [5.41, 5.74) is 0.307. The predicted molar refractivity (Wildman–Crippen MR) is 91.1 cm³/mol. The van der Waals surface area contributed by atoms with E-state index in [1.54, 1.807) is 0 Å². The average molecular weight is 417 g/mol. The quantitative estimate of drug-likeness (QED) is 0.533. The van der Waals surface area contributed by atoms with E-state index in [1.807, 2.05) is 6.92 Å². The summed E-state index contributed by atoms with van der Waals surface area (Å²) in [5.74, 6) is 0. The van der Waals surface area contributed by atoms with Crippen LogP contribution in [0.3, 0.4) is 0 Å². The smallest absolute Gasteiger partial charge is 0.379 e. The fourth-order valence-corrected chi connectivity index (χ4v) is 3.42. The number of hydrogen-bond donors (Lipinski definition) is 2. The van der Waals surface area contributed by atoms with Crippen LogP contribution < -0.4 is 5.73 Å². The summed E-state index contributed by atoms with van der Waals surface area (Å²) in [6.07, 6.45) is -11.8. The van der Waals surface area contributed by atoms with E-state index in [-0.39, 0.29) is 31.5 Å². The zero-order chi connectivity index (χ0) is 21.2. The van der Waals surface area contributed by atoms with Crippen LogP contribution in [0, 0.1) is 0 Å². The molecule has 2 rings (SSSR count). The zero-order valence-corrected chi connectivity index (χ0v) is 15.5. The second kappa shape index (κ2) is 8.68. The first-order valence-corrected chi connectivity index (χ1v) is 9.03. The van der Waals surface area contributed by atoms with E-state index < -0.39 is 29.9 Å². The summed E-state index contributed by atoms with van der Waals surface area (Å²) < 4.78 is 83.2. The minimum absolute atomic E-state index is 0.0878. The van der Waals surface area contributed by atoms with Gasteiger partial charge < -0.3 is 15.6 Å². The van der Waals surface area contributed by atoms with Gasteiger partial charge in [0, 0.05) is 37.8 Å². The van der Waals surface area contributed by atoms with E-state index in [0.717, 1.165) is 6.08 Å². The van der Waals surface area contributed by atoms with Crippen LogP contribution in [-0.4, -0.2) is 78.6 Å². The van der Waals surface area contributed by atoms with E-state index in [4.69, 9.17) is 10.5 Å². The zero-order valence-electron chi connectivity index (χ0n) is 15.5. The van der Waals surface area contributed by atoms with Crippen LogP contribution in [0.4, 0.5) is 26.3 Å². The van der Waals surface area contributed by atoms with Gasteiger partial charge in [-0.05, 0) is 25.3 Å². The molecule has 0 radical (unpaired) electrons. The van der Waals surface area contributed by atoms with Crippen molar-refractivity contribution in [1.82, 2.24) is 4.90 Å². The Morgan fingerprint density at radius 3 is 2.36 bits per heavy atom. The molecule has 0 aromatic carbocycles. The monoisotopic (exact) mass is 417 g/mol. The summed E-state index contributed by atoms with van der Waals surface area (Å²) in [6.45, 7) is 4.60. The van der Waals surface area contributed by atoms with Crippen LogP contribution in [0.5, 0.6) is 0 Å². The average Bonchev–Trinajstić information content (AvgIpc) is 2.61. The third-order valence-corrected chi connectivity index (χ3v) is 5.14. The highest BCUT2D eigenvalue weighted by Crippen LogP contribution is 2.49. The van der Waals surface area contributed by atoms with Crippen LogP contribution in [0.25, 0.3) is 0 Å². The molecule has 3 N–H and O–H groups in total. The van der Waals surface area contributed by atoms with E-state index in [0.29, 0.717) is 32.0 Å². The largest absolute Gasteiger partial charge is 0.430 e. The molecule has 0 spiro atoms. The van der Waals surface area contributed by atoms with Crippen molar-refractivity contribution in [3.63, 3.8) is 0 Å². The fraction of sp³-hybridized carbons (Fsp3) is 0.824. The number of aliphatic hydroxyl groups is 1. The SMILES string of the molecule is CC1COCCN1CC(CN)N=C1CC=C(C(O)(C(F)(F)F)C(F)(F)F)CC1. The fourth-order valence-electron chi connectivity index (χ4n) is 3.42. The number of rotatable bonds is 5. The minimum Gasteiger partial charge on any atom is -0.379 e. The molecule has 1 heterocycles. The normalized spacial score (nSPS) is 25.7. The molecule has 2 aliphatic rings. The van der Waals surface area contributed by atoms with Crippen molar-refractivity contribution in [2.75, 3.05) is 32.8 Å². The van der Waals surface area contributed by atoms with E-state index in [2.05, 4.69) is 9.89 Å². The first-order chi connectivity index (χ1) is 12.9. The number of alkyl halides is 6. The van der Waals surface area contributed by atoms with Crippen LogP contribution in [0.1, 0.15) is 26.2 Å². The first kappa shape index (κ1) is 23.1. The Kier molecular flexibility index (Phi) is 7.17. The molecule has 1 saturated heterocycles. The maximum atomic E-state index is 13.0. The Morgan fingerprint density at radius 1 is 1.25 bits per heavy atom. The number of aliphatic imine (C=N–C) groups is 1. The number of nitrogens with two attached hydrogens (primary N) is 1. The molecular formula is C17H25F6N3O2. The molecule has 1 aliphatic heterocycles. The van der Waals surface area contributed by atoms with Crippen molar-refractivity contribution in [2.45, 2.75) is 56.2 Å². The molecule has 0 aromatic heterocycles. The van der Waals surface area contributed by atoms with Crippen molar-refractivity contribution >= 4 is 5.71 Å². The van der Waals surface area contributed by atoms with E-state index in [9.17, 15) is 31.4 Å². The maximum absolute atomic E-state index is 13.0. The lowest BCUT2D eigenvalue weighted by molar-refractivity contribution is -0.352. The van der Waals surface area contributed by atoms with E-state index in [1.165, 1.54) is 0 Å². The third-order valence-electron chi connectivity index (χ3n) is 5.14. The highest BCUT2D eigenvalue weighted by atomic mass is 19.4. The van der Waals surface area contributed by atoms with Gasteiger partial charge in [0.05, 0.1) is 19.3 Å². The number of hydrogen-bond acceptors (Lipinski definition) is 5. The van der Waals surface area contributed by atoms with Crippen molar-refractivity contribution in [1.29, 1.82) is 0 Å². The molecule has 0 bridgehead atoms.